The van der Waals surface area contributed by atoms with Gasteiger partial charge in [-0.15, -0.1) is 0 Å². The lowest BCUT2D eigenvalue weighted by atomic mass is 9.97. The van der Waals surface area contributed by atoms with Crippen LogP contribution in [0, 0.1) is 0 Å². The quantitative estimate of drug-likeness (QED) is 0.438. The summed E-state index contributed by atoms with van der Waals surface area (Å²) in [6.07, 6.45) is 1.88. The third-order valence-electron chi connectivity index (χ3n) is 3.99. The normalized spacial score (nSPS) is 19.8. The molecule has 0 radical (unpaired) electrons. The molecule has 4 nitrogen and oxygen atoms in total. The van der Waals surface area contributed by atoms with Gasteiger partial charge in [-0.1, -0.05) is 59.1 Å². The van der Waals surface area contributed by atoms with Gasteiger partial charge in [-0.2, -0.15) is 0 Å². The van der Waals surface area contributed by atoms with Gasteiger partial charge in [0.1, 0.15) is 11.4 Å². The fraction of sp³-hybridized carbons (Fsp3) is 0.222. The largest absolute Gasteiger partial charge is 0.437 e. The van der Waals surface area contributed by atoms with Gasteiger partial charge in [-0.05, 0) is 29.8 Å². The number of nitrogens with zero attached hydrogens (tertiary/aromatic N) is 2. The summed E-state index contributed by atoms with van der Waals surface area (Å²) in [5.41, 5.74) is 1.93. The van der Waals surface area contributed by atoms with Crippen LogP contribution < -0.4 is 4.74 Å². The minimum absolute atomic E-state index is 0.282. The van der Waals surface area contributed by atoms with Crippen LogP contribution >= 0.6 is 34.8 Å². The van der Waals surface area contributed by atoms with E-state index >= 15 is 0 Å². The number of alkyl halides is 3. The first kappa shape index (κ1) is 16.9. The molecule has 1 unspecified atom stereocenters. The molecule has 1 aliphatic rings. The molecule has 0 spiro atoms. The molecule has 0 amide bonds. The summed E-state index contributed by atoms with van der Waals surface area (Å²) in [7, 11) is 0. The summed E-state index contributed by atoms with van der Waals surface area (Å²) < 4.78 is 10.1. The molecule has 3 aromatic rings. The number of rotatable bonds is 4. The van der Waals surface area contributed by atoms with E-state index in [1.165, 1.54) is 0 Å². The first-order chi connectivity index (χ1) is 11.9. The molecule has 1 aromatic heterocycles. The highest BCUT2D eigenvalue weighted by atomic mass is 35.6. The van der Waals surface area contributed by atoms with Crippen molar-refractivity contribution in [3.63, 3.8) is 0 Å². The zero-order chi connectivity index (χ0) is 17.5. The maximum atomic E-state index is 5.93. The van der Waals surface area contributed by atoms with Crippen molar-refractivity contribution >= 4 is 45.8 Å². The molecule has 0 aliphatic carbocycles. The molecule has 1 saturated heterocycles. The Balaban J connectivity index is 1.59. The molecule has 7 heteroatoms. The summed E-state index contributed by atoms with van der Waals surface area (Å²) in [5.74, 6) is 1.05. The van der Waals surface area contributed by atoms with E-state index in [1.54, 1.807) is 6.20 Å². The van der Waals surface area contributed by atoms with Gasteiger partial charge in [0, 0.05) is 6.42 Å². The third-order valence-corrected chi connectivity index (χ3v) is 4.39. The van der Waals surface area contributed by atoms with Crippen molar-refractivity contribution in [3.05, 3.63) is 60.3 Å². The fourth-order valence-corrected chi connectivity index (χ4v) is 3.38. The van der Waals surface area contributed by atoms with Crippen LogP contribution in [0.1, 0.15) is 12.0 Å². The Labute approximate surface area is 159 Å². The van der Waals surface area contributed by atoms with Crippen LogP contribution in [0.15, 0.2) is 54.7 Å². The number of benzene rings is 2. The van der Waals surface area contributed by atoms with E-state index in [1.807, 2.05) is 48.5 Å². The number of para-hydroxylation sites is 2. The van der Waals surface area contributed by atoms with E-state index in [4.69, 9.17) is 44.3 Å². The topological polar surface area (TPSA) is 47.5 Å². The van der Waals surface area contributed by atoms with Crippen LogP contribution in [-0.4, -0.2) is 20.4 Å². The zero-order valence-electron chi connectivity index (χ0n) is 13.0. The Morgan fingerprint density at radius 3 is 2.56 bits per heavy atom. The summed E-state index contributed by atoms with van der Waals surface area (Å²) in [5, 5.41) is 0. The minimum atomic E-state index is -1.38. The predicted octanol–water partition coefficient (Wildman–Crippen LogP) is 5.41. The minimum Gasteiger partial charge on any atom is -0.437 e. The maximum absolute atomic E-state index is 5.93. The number of fused-ring (bicyclic) bond motifs is 1. The Kier molecular flexibility index (Phi) is 4.24. The number of hydrogen-bond donors (Lipinski definition) is 0. The van der Waals surface area contributed by atoms with Crippen molar-refractivity contribution in [2.24, 2.45) is 0 Å². The van der Waals surface area contributed by atoms with Crippen LogP contribution in [0.5, 0.6) is 11.6 Å². The molecular formula is C18H13Cl3N2O2. The Bertz CT molecular complexity index is 923. The molecule has 1 aliphatic heterocycles. The highest BCUT2D eigenvalue weighted by Gasteiger charge is 2.51. The van der Waals surface area contributed by atoms with Crippen molar-refractivity contribution in [3.8, 4) is 11.6 Å². The first-order valence-electron chi connectivity index (χ1n) is 7.65. The SMILES string of the molecule is ClC(Cl)(Cl)CC1(c2cccc(Oc3cnc4ccccc4n3)c2)CO1. The number of ether oxygens (including phenoxy) is 2. The van der Waals surface area contributed by atoms with Crippen molar-refractivity contribution in [1.82, 2.24) is 9.97 Å². The molecule has 1 fully saturated rings. The lowest BCUT2D eigenvalue weighted by molar-refractivity contribution is 0.294. The van der Waals surface area contributed by atoms with Gasteiger partial charge in [0.25, 0.3) is 0 Å². The second kappa shape index (κ2) is 6.29. The van der Waals surface area contributed by atoms with E-state index < -0.39 is 9.39 Å². The predicted molar refractivity (Wildman–Crippen MR) is 98.6 cm³/mol. The number of epoxide rings is 1. The molecule has 2 aromatic carbocycles. The Morgan fingerprint density at radius 1 is 1.08 bits per heavy atom. The molecule has 25 heavy (non-hydrogen) atoms. The van der Waals surface area contributed by atoms with Gasteiger partial charge in [-0.25, -0.2) is 9.97 Å². The fourth-order valence-electron chi connectivity index (χ4n) is 2.73. The first-order valence-corrected chi connectivity index (χ1v) is 8.78. The number of halogens is 3. The third kappa shape index (κ3) is 3.82. The van der Waals surface area contributed by atoms with Gasteiger partial charge in [0.15, 0.2) is 3.79 Å². The van der Waals surface area contributed by atoms with Crippen molar-refractivity contribution in [2.75, 3.05) is 6.61 Å². The standard InChI is InChI=1S/C18H13Cl3N2O2/c19-18(20,21)10-17(11-24-17)12-4-3-5-13(8-12)25-16-9-22-14-6-1-2-7-15(14)23-16/h1-9H,10-11H2. The van der Waals surface area contributed by atoms with Gasteiger partial charge in [0.05, 0.1) is 23.8 Å². The average Bonchev–Trinajstić information content (AvgIpc) is 3.34. The monoisotopic (exact) mass is 394 g/mol. The number of aromatic nitrogens is 2. The highest BCUT2D eigenvalue weighted by Crippen LogP contribution is 2.50. The molecule has 2 heterocycles. The Hall–Kier alpha value is -1.59. The van der Waals surface area contributed by atoms with Gasteiger partial charge >= 0.3 is 0 Å². The van der Waals surface area contributed by atoms with Gasteiger partial charge in [-0.3, -0.25) is 0 Å². The summed E-state index contributed by atoms with van der Waals surface area (Å²) >= 11 is 17.8. The van der Waals surface area contributed by atoms with Crippen LogP contribution in [0.4, 0.5) is 0 Å². The molecule has 128 valence electrons. The van der Waals surface area contributed by atoms with Crippen LogP contribution in [0.25, 0.3) is 11.0 Å². The molecule has 1 atom stereocenters. The molecule has 0 N–H and O–H groups in total. The molecular weight excluding hydrogens is 383 g/mol. The lowest BCUT2D eigenvalue weighted by Gasteiger charge is -2.18. The molecule has 0 saturated carbocycles. The highest BCUT2D eigenvalue weighted by molar-refractivity contribution is 6.67. The lowest BCUT2D eigenvalue weighted by Crippen LogP contribution is -2.18. The maximum Gasteiger partial charge on any atom is 0.238 e. The van der Waals surface area contributed by atoms with Crippen molar-refractivity contribution in [2.45, 2.75) is 15.8 Å². The van der Waals surface area contributed by atoms with Gasteiger partial charge in [0.2, 0.25) is 5.88 Å². The van der Waals surface area contributed by atoms with E-state index in [9.17, 15) is 0 Å². The Morgan fingerprint density at radius 2 is 1.84 bits per heavy atom. The van der Waals surface area contributed by atoms with E-state index in [0.717, 1.165) is 16.6 Å². The summed E-state index contributed by atoms with van der Waals surface area (Å²) in [6.45, 7) is 0.514. The van der Waals surface area contributed by atoms with Crippen LogP contribution in [0.3, 0.4) is 0 Å². The second-order valence-corrected chi connectivity index (χ2v) is 8.42. The van der Waals surface area contributed by atoms with E-state index in [0.29, 0.717) is 18.2 Å². The summed E-state index contributed by atoms with van der Waals surface area (Å²) in [6, 6.07) is 15.1. The molecule has 4 rings (SSSR count). The number of hydrogen-bond acceptors (Lipinski definition) is 4. The summed E-state index contributed by atoms with van der Waals surface area (Å²) in [4.78, 5) is 8.80. The van der Waals surface area contributed by atoms with Crippen LogP contribution in [-0.2, 0) is 10.3 Å². The van der Waals surface area contributed by atoms with E-state index in [2.05, 4.69) is 9.97 Å². The average molecular weight is 396 g/mol. The smallest absolute Gasteiger partial charge is 0.238 e. The second-order valence-electron chi connectivity index (χ2n) is 5.90. The van der Waals surface area contributed by atoms with Gasteiger partial charge < -0.3 is 9.47 Å². The van der Waals surface area contributed by atoms with Crippen molar-refractivity contribution in [1.29, 1.82) is 0 Å². The molecule has 0 bridgehead atoms. The van der Waals surface area contributed by atoms with Crippen molar-refractivity contribution < 1.29 is 9.47 Å². The van der Waals surface area contributed by atoms with E-state index in [-0.39, 0.29) is 6.42 Å². The van der Waals surface area contributed by atoms with Crippen LogP contribution in [0.2, 0.25) is 0 Å². The zero-order valence-corrected chi connectivity index (χ0v) is 15.2.